The van der Waals surface area contributed by atoms with E-state index in [1.807, 2.05) is 0 Å². The van der Waals surface area contributed by atoms with Gasteiger partial charge in [-0.25, -0.2) is 9.80 Å². The van der Waals surface area contributed by atoms with Crippen molar-refractivity contribution in [1.82, 2.24) is 10.0 Å². The number of nitrogens with zero attached hydrogens (tertiary/aromatic N) is 2. The van der Waals surface area contributed by atoms with Crippen LogP contribution in [0.4, 0.5) is 0 Å². The van der Waals surface area contributed by atoms with Gasteiger partial charge in [-0.15, -0.1) is 0 Å². The number of ketones is 1. The van der Waals surface area contributed by atoms with Crippen molar-refractivity contribution in [1.29, 1.82) is 0 Å². The number of imide groups is 1. The van der Waals surface area contributed by atoms with Gasteiger partial charge in [0.2, 0.25) is 0 Å². The third kappa shape index (κ3) is 5.86. The number of fused-ring (bicyclic) bond motifs is 1. The van der Waals surface area contributed by atoms with E-state index in [4.69, 9.17) is 39.5 Å². The number of hydrogen-bond donors (Lipinski definition) is 0. The summed E-state index contributed by atoms with van der Waals surface area (Å²) in [6, 6.07) is 16.2. The molecule has 1 aliphatic heterocycles. The molecule has 0 radical (unpaired) electrons. The molecule has 0 N–H and O–H groups in total. The van der Waals surface area contributed by atoms with Crippen LogP contribution in [0.1, 0.15) is 56.8 Å². The summed E-state index contributed by atoms with van der Waals surface area (Å²) in [5.41, 5.74) is 0.341. The van der Waals surface area contributed by atoms with Gasteiger partial charge in [0.25, 0.3) is 17.7 Å². The Balaban J connectivity index is 1.37. The van der Waals surface area contributed by atoms with E-state index in [1.54, 1.807) is 12.1 Å². The van der Waals surface area contributed by atoms with E-state index in [0.29, 0.717) is 17.9 Å². The predicted molar refractivity (Wildman–Crippen MR) is 152 cm³/mol. The Hall–Kier alpha value is -3.72. The summed E-state index contributed by atoms with van der Waals surface area (Å²) in [5.74, 6) is -3.86. The number of hydrogen-bond acceptors (Lipinski definition) is 6. The van der Waals surface area contributed by atoms with Gasteiger partial charge >= 0.3 is 5.97 Å². The zero-order valence-corrected chi connectivity index (χ0v) is 23.8. The second-order valence-corrected chi connectivity index (χ2v) is 11.0. The Bertz CT molecular complexity index is 1530. The minimum Gasteiger partial charge on any atom is -0.423 e. The molecule has 1 aliphatic carbocycles. The van der Waals surface area contributed by atoms with Gasteiger partial charge in [-0.3, -0.25) is 19.2 Å². The van der Waals surface area contributed by atoms with Crippen LogP contribution in [-0.4, -0.2) is 46.0 Å². The maximum absolute atomic E-state index is 13.6. The maximum atomic E-state index is 13.6. The van der Waals surface area contributed by atoms with E-state index in [-0.39, 0.29) is 32.5 Å². The lowest BCUT2D eigenvalue weighted by molar-refractivity contribution is -0.154. The van der Waals surface area contributed by atoms with Crippen LogP contribution in [0.25, 0.3) is 0 Å². The normalized spacial score (nSPS) is 18.2. The fourth-order valence-corrected chi connectivity index (χ4v) is 5.85. The van der Waals surface area contributed by atoms with E-state index in [2.05, 4.69) is 0 Å². The Morgan fingerprint density at radius 3 is 2.05 bits per heavy atom. The highest BCUT2D eigenvalue weighted by molar-refractivity contribution is 6.36. The molecule has 1 heterocycles. The molecule has 11 heteroatoms. The molecule has 0 aromatic heterocycles. The second-order valence-electron chi connectivity index (χ2n) is 9.79. The number of amides is 3. The number of rotatable bonds is 7. The summed E-state index contributed by atoms with van der Waals surface area (Å²) >= 11 is 18.2. The highest BCUT2D eigenvalue weighted by Gasteiger charge is 2.52. The van der Waals surface area contributed by atoms with Crippen LogP contribution < -0.4 is 4.74 Å². The van der Waals surface area contributed by atoms with Crippen molar-refractivity contribution in [3.8, 4) is 5.75 Å². The van der Waals surface area contributed by atoms with E-state index >= 15 is 0 Å². The maximum Gasteiger partial charge on any atom is 0.345 e. The molecule has 0 spiro atoms. The molecule has 2 aliphatic rings. The minimum atomic E-state index is -0.741. The van der Waals surface area contributed by atoms with Crippen molar-refractivity contribution in [2.24, 2.45) is 11.8 Å². The molecule has 0 bridgehead atoms. The smallest absolute Gasteiger partial charge is 0.345 e. The Labute approximate surface area is 250 Å². The largest absolute Gasteiger partial charge is 0.423 e. The van der Waals surface area contributed by atoms with Gasteiger partial charge in [-0.05, 0) is 67.4 Å². The number of hydrazine groups is 1. The second kappa shape index (κ2) is 12.0. The monoisotopic (exact) mass is 612 g/mol. The Kier molecular flexibility index (Phi) is 8.45. The first-order chi connectivity index (χ1) is 19.7. The van der Waals surface area contributed by atoms with Gasteiger partial charge in [-0.1, -0.05) is 59.8 Å². The lowest BCUT2D eigenvalue weighted by atomic mass is 9.81. The summed E-state index contributed by atoms with van der Waals surface area (Å²) in [5, 5.41) is 2.34. The molecule has 210 valence electrons. The number of carbonyl (C=O) groups excluding carboxylic acids is 5. The standard InChI is InChI=1S/C30H23Cl3N2O6/c31-18-11-14-23(25(33)15-18)30(40)41-19-12-9-17(10-13-19)26(36)16-34(27(37)22-7-3-4-8-24(22)32)35-28(38)20-5-1-2-6-21(20)29(35)39/h3-4,7-15,20-21H,1-2,5-6,16H2/t20-,21+. The zero-order chi connectivity index (χ0) is 29.3. The topological polar surface area (TPSA) is 101 Å². The van der Waals surface area contributed by atoms with Crippen molar-refractivity contribution in [2.75, 3.05) is 6.54 Å². The number of Topliss-reactive ketones (excluding diaryl/α,β-unsaturated/α-hetero) is 1. The minimum absolute atomic E-state index is 0.0561. The first-order valence-electron chi connectivity index (χ1n) is 12.9. The number of carbonyl (C=O) groups is 5. The molecule has 3 amide bonds. The number of ether oxygens (including phenoxy) is 1. The van der Waals surface area contributed by atoms with Crippen molar-refractivity contribution in [2.45, 2.75) is 25.7 Å². The average molecular weight is 614 g/mol. The van der Waals surface area contributed by atoms with Crippen LogP contribution in [-0.2, 0) is 9.59 Å². The van der Waals surface area contributed by atoms with E-state index in [1.165, 1.54) is 54.6 Å². The third-order valence-electron chi connectivity index (χ3n) is 7.23. The summed E-state index contributed by atoms with van der Waals surface area (Å²) in [4.78, 5) is 66.2. The van der Waals surface area contributed by atoms with Gasteiger partial charge in [0, 0.05) is 10.6 Å². The van der Waals surface area contributed by atoms with Gasteiger partial charge in [0.15, 0.2) is 5.78 Å². The van der Waals surface area contributed by atoms with Gasteiger partial charge < -0.3 is 4.74 Å². The summed E-state index contributed by atoms with van der Waals surface area (Å²) in [6.07, 6.45) is 2.73. The van der Waals surface area contributed by atoms with Crippen molar-refractivity contribution in [3.63, 3.8) is 0 Å². The molecule has 41 heavy (non-hydrogen) atoms. The summed E-state index contributed by atoms with van der Waals surface area (Å²) in [7, 11) is 0. The first-order valence-corrected chi connectivity index (χ1v) is 14.0. The molecule has 1 saturated heterocycles. The molecule has 3 aromatic rings. The Morgan fingerprint density at radius 1 is 0.805 bits per heavy atom. The van der Waals surface area contributed by atoms with Crippen LogP contribution in [0.15, 0.2) is 66.7 Å². The average Bonchev–Trinajstić information content (AvgIpc) is 3.21. The lowest BCUT2D eigenvalue weighted by Crippen LogP contribution is -2.52. The predicted octanol–water partition coefficient (Wildman–Crippen LogP) is 6.28. The summed E-state index contributed by atoms with van der Waals surface area (Å²) in [6.45, 7) is -0.583. The van der Waals surface area contributed by atoms with E-state index in [0.717, 1.165) is 22.9 Å². The number of halogens is 3. The van der Waals surface area contributed by atoms with Gasteiger partial charge in [-0.2, -0.15) is 5.01 Å². The van der Waals surface area contributed by atoms with Crippen molar-refractivity contribution >= 4 is 64.3 Å². The SMILES string of the molecule is O=C(CN(C(=O)c1ccccc1Cl)N1C(=O)[C@H]2CCCC[C@H]2C1=O)c1ccc(OC(=O)c2ccc(Cl)cc2Cl)cc1. The highest BCUT2D eigenvalue weighted by atomic mass is 35.5. The zero-order valence-electron chi connectivity index (χ0n) is 21.5. The third-order valence-corrected chi connectivity index (χ3v) is 8.11. The van der Waals surface area contributed by atoms with Gasteiger partial charge in [0.05, 0.1) is 33.0 Å². The molecule has 2 fully saturated rings. The highest BCUT2D eigenvalue weighted by Crippen LogP contribution is 2.39. The van der Waals surface area contributed by atoms with E-state index < -0.39 is 47.9 Å². The molecule has 8 nitrogen and oxygen atoms in total. The fraction of sp³-hybridized carbons (Fsp3) is 0.233. The van der Waals surface area contributed by atoms with Crippen molar-refractivity contribution < 1.29 is 28.7 Å². The van der Waals surface area contributed by atoms with E-state index in [9.17, 15) is 24.0 Å². The number of esters is 1. The van der Waals surface area contributed by atoms with Crippen LogP contribution in [0.5, 0.6) is 5.75 Å². The van der Waals surface area contributed by atoms with Crippen LogP contribution in [0, 0.1) is 11.8 Å². The van der Waals surface area contributed by atoms with Crippen LogP contribution in [0.2, 0.25) is 15.1 Å². The number of benzene rings is 3. The quantitative estimate of drug-likeness (QED) is 0.135. The summed E-state index contributed by atoms with van der Waals surface area (Å²) < 4.78 is 5.36. The van der Waals surface area contributed by atoms with Gasteiger partial charge in [0.1, 0.15) is 12.3 Å². The molecule has 1 saturated carbocycles. The molecule has 5 rings (SSSR count). The van der Waals surface area contributed by atoms with Crippen LogP contribution in [0.3, 0.4) is 0 Å². The Morgan fingerprint density at radius 2 is 1.44 bits per heavy atom. The molecular weight excluding hydrogens is 591 g/mol. The fourth-order valence-electron chi connectivity index (χ4n) is 5.14. The first kappa shape index (κ1) is 28.8. The molecular formula is C30H23Cl3N2O6. The molecule has 2 atom stereocenters. The lowest BCUT2D eigenvalue weighted by Gasteiger charge is -2.30. The van der Waals surface area contributed by atoms with Crippen LogP contribution >= 0.6 is 34.8 Å². The molecule has 0 unspecified atom stereocenters. The van der Waals surface area contributed by atoms with Crippen molar-refractivity contribution in [3.05, 3.63) is 98.5 Å². The molecule has 3 aromatic carbocycles.